The van der Waals surface area contributed by atoms with Gasteiger partial charge in [-0.2, -0.15) is 0 Å². The van der Waals surface area contributed by atoms with Crippen LogP contribution in [-0.2, 0) is 0 Å². The Balaban J connectivity index is 1.37. The Morgan fingerprint density at radius 1 is 0.960 bits per heavy atom. The SMILES string of the molecule is CC1CN(C/C=C/c2ccccc2)CCN1c1ccccc1C1CC1. The third-order valence-electron chi connectivity index (χ3n) is 5.45. The lowest BCUT2D eigenvalue weighted by molar-refractivity contribution is 0.251. The predicted octanol–water partition coefficient (Wildman–Crippen LogP) is 4.79. The van der Waals surface area contributed by atoms with Gasteiger partial charge in [-0.3, -0.25) is 4.90 Å². The highest BCUT2D eigenvalue weighted by Crippen LogP contribution is 2.44. The second kappa shape index (κ2) is 7.45. The van der Waals surface area contributed by atoms with E-state index in [1.165, 1.54) is 24.1 Å². The van der Waals surface area contributed by atoms with E-state index in [-0.39, 0.29) is 0 Å². The molecule has 1 aliphatic heterocycles. The average molecular weight is 332 g/mol. The molecule has 0 aromatic heterocycles. The first kappa shape index (κ1) is 16.4. The average Bonchev–Trinajstić information content (AvgIpc) is 3.48. The number of nitrogens with zero attached hydrogens (tertiary/aromatic N) is 2. The fraction of sp³-hybridized carbons (Fsp3) is 0.391. The molecule has 2 aliphatic rings. The summed E-state index contributed by atoms with van der Waals surface area (Å²) >= 11 is 0. The van der Waals surface area contributed by atoms with E-state index in [0.29, 0.717) is 6.04 Å². The lowest BCUT2D eigenvalue weighted by Gasteiger charge is -2.42. The van der Waals surface area contributed by atoms with E-state index in [2.05, 4.69) is 83.5 Å². The molecule has 1 unspecified atom stereocenters. The topological polar surface area (TPSA) is 6.48 Å². The molecule has 2 aromatic carbocycles. The van der Waals surface area contributed by atoms with Crippen molar-refractivity contribution in [3.63, 3.8) is 0 Å². The zero-order chi connectivity index (χ0) is 17.1. The summed E-state index contributed by atoms with van der Waals surface area (Å²) < 4.78 is 0. The number of piperazine rings is 1. The van der Waals surface area contributed by atoms with Gasteiger partial charge in [0.15, 0.2) is 0 Å². The monoisotopic (exact) mass is 332 g/mol. The zero-order valence-electron chi connectivity index (χ0n) is 15.1. The minimum Gasteiger partial charge on any atom is -0.366 e. The van der Waals surface area contributed by atoms with Gasteiger partial charge in [0.25, 0.3) is 0 Å². The molecular formula is C23H28N2. The van der Waals surface area contributed by atoms with Gasteiger partial charge < -0.3 is 4.90 Å². The lowest BCUT2D eigenvalue weighted by atomic mass is 10.0. The molecule has 1 aliphatic carbocycles. The summed E-state index contributed by atoms with van der Waals surface area (Å²) in [6, 6.07) is 20.2. The number of anilines is 1. The lowest BCUT2D eigenvalue weighted by Crippen LogP contribution is -2.52. The van der Waals surface area contributed by atoms with E-state index in [1.54, 1.807) is 5.56 Å². The molecule has 1 atom stereocenters. The maximum atomic E-state index is 2.63. The van der Waals surface area contributed by atoms with Crippen molar-refractivity contribution in [2.45, 2.75) is 31.7 Å². The third kappa shape index (κ3) is 3.96. The summed E-state index contributed by atoms with van der Waals surface area (Å²) in [6.45, 7) is 6.82. The van der Waals surface area contributed by atoms with Crippen molar-refractivity contribution in [2.75, 3.05) is 31.1 Å². The van der Waals surface area contributed by atoms with E-state index >= 15 is 0 Å². The maximum Gasteiger partial charge on any atom is 0.0404 e. The molecule has 4 rings (SSSR count). The van der Waals surface area contributed by atoms with Crippen LogP contribution in [0.5, 0.6) is 0 Å². The molecule has 2 fully saturated rings. The smallest absolute Gasteiger partial charge is 0.0404 e. The fourth-order valence-electron chi connectivity index (χ4n) is 3.95. The Labute approximate surface area is 151 Å². The van der Waals surface area contributed by atoms with Gasteiger partial charge in [-0.15, -0.1) is 0 Å². The van der Waals surface area contributed by atoms with Crippen molar-refractivity contribution < 1.29 is 0 Å². The predicted molar refractivity (Wildman–Crippen MR) is 107 cm³/mol. The number of para-hydroxylation sites is 1. The Morgan fingerprint density at radius 2 is 1.72 bits per heavy atom. The van der Waals surface area contributed by atoms with Crippen LogP contribution in [-0.4, -0.2) is 37.1 Å². The van der Waals surface area contributed by atoms with Gasteiger partial charge in [-0.1, -0.05) is 60.7 Å². The van der Waals surface area contributed by atoms with Gasteiger partial charge in [0.2, 0.25) is 0 Å². The molecule has 1 heterocycles. The van der Waals surface area contributed by atoms with Gasteiger partial charge in [-0.05, 0) is 42.9 Å². The second-order valence-corrected chi connectivity index (χ2v) is 7.45. The molecule has 25 heavy (non-hydrogen) atoms. The molecule has 1 saturated heterocycles. The number of hydrogen-bond acceptors (Lipinski definition) is 2. The third-order valence-corrected chi connectivity index (χ3v) is 5.45. The molecule has 2 heteroatoms. The van der Waals surface area contributed by atoms with Crippen molar-refractivity contribution in [2.24, 2.45) is 0 Å². The summed E-state index contributed by atoms with van der Waals surface area (Å²) in [4.78, 5) is 5.20. The first-order chi connectivity index (χ1) is 12.3. The standard InChI is InChI=1S/C23H28N2/c1-19-18-24(15-7-10-20-8-3-2-4-9-20)16-17-25(19)23-12-6-5-11-22(23)21-13-14-21/h2-12,19,21H,13-18H2,1H3/b10-7+. The highest BCUT2D eigenvalue weighted by molar-refractivity contribution is 5.57. The van der Waals surface area contributed by atoms with E-state index < -0.39 is 0 Å². The number of hydrogen-bond donors (Lipinski definition) is 0. The Kier molecular flexibility index (Phi) is 4.89. The van der Waals surface area contributed by atoms with Crippen LogP contribution < -0.4 is 4.90 Å². The highest BCUT2D eigenvalue weighted by atomic mass is 15.3. The van der Waals surface area contributed by atoms with Crippen LogP contribution in [0.4, 0.5) is 5.69 Å². The van der Waals surface area contributed by atoms with Gasteiger partial charge in [0, 0.05) is 37.9 Å². The molecule has 0 radical (unpaired) electrons. The van der Waals surface area contributed by atoms with Crippen LogP contribution in [0, 0.1) is 0 Å². The maximum absolute atomic E-state index is 2.63. The van der Waals surface area contributed by atoms with Crippen LogP contribution in [0.1, 0.15) is 36.8 Å². The zero-order valence-corrected chi connectivity index (χ0v) is 15.1. The van der Waals surface area contributed by atoms with Crippen LogP contribution in [0.2, 0.25) is 0 Å². The molecular weight excluding hydrogens is 304 g/mol. The van der Waals surface area contributed by atoms with E-state index in [4.69, 9.17) is 0 Å². The largest absolute Gasteiger partial charge is 0.366 e. The first-order valence-electron chi connectivity index (χ1n) is 9.61. The van der Waals surface area contributed by atoms with Crippen molar-refractivity contribution >= 4 is 11.8 Å². The first-order valence-corrected chi connectivity index (χ1v) is 9.61. The Bertz CT molecular complexity index is 718. The van der Waals surface area contributed by atoms with Crippen molar-refractivity contribution in [3.8, 4) is 0 Å². The minimum atomic E-state index is 0.568. The van der Waals surface area contributed by atoms with E-state index in [9.17, 15) is 0 Å². The van der Waals surface area contributed by atoms with Gasteiger partial charge in [-0.25, -0.2) is 0 Å². The quantitative estimate of drug-likeness (QED) is 0.777. The van der Waals surface area contributed by atoms with Crippen molar-refractivity contribution in [1.29, 1.82) is 0 Å². The molecule has 1 saturated carbocycles. The van der Waals surface area contributed by atoms with Crippen molar-refractivity contribution in [1.82, 2.24) is 4.90 Å². The Hall–Kier alpha value is -2.06. The van der Waals surface area contributed by atoms with Crippen LogP contribution in [0.15, 0.2) is 60.7 Å². The summed E-state index contributed by atoms with van der Waals surface area (Å²) in [5, 5.41) is 0. The molecule has 0 N–H and O–H groups in total. The molecule has 2 nitrogen and oxygen atoms in total. The highest BCUT2D eigenvalue weighted by Gasteiger charge is 2.30. The van der Waals surface area contributed by atoms with Gasteiger partial charge >= 0.3 is 0 Å². The number of benzene rings is 2. The Morgan fingerprint density at radius 3 is 2.48 bits per heavy atom. The molecule has 0 bridgehead atoms. The summed E-state index contributed by atoms with van der Waals surface area (Å²) in [7, 11) is 0. The minimum absolute atomic E-state index is 0.568. The number of rotatable bonds is 5. The van der Waals surface area contributed by atoms with Crippen LogP contribution in [0.25, 0.3) is 6.08 Å². The van der Waals surface area contributed by atoms with Crippen LogP contribution >= 0.6 is 0 Å². The normalized spacial score (nSPS) is 21.8. The summed E-state index contributed by atoms with van der Waals surface area (Å²) in [5.41, 5.74) is 4.34. The van der Waals surface area contributed by atoms with Crippen LogP contribution in [0.3, 0.4) is 0 Å². The molecule has 0 amide bonds. The molecule has 0 spiro atoms. The van der Waals surface area contributed by atoms with Gasteiger partial charge in [0.1, 0.15) is 0 Å². The van der Waals surface area contributed by atoms with Gasteiger partial charge in [0.05, 0.1) is 0 Å². The van der Waals surface area contributed by atoms with Crippen molar-refractivity contribution in [3.05, 3.63) is 71.8 Å². The van der Waals surface area contributed by atoms with E-state index in [1.807, 2.05) is 0 Å². The van der Waals surface area contributed by atoms with E-state index in [0.717, 1.165) is 32.1 Å². The molecule has 2 aromatic rings. The summed E-state index contributed by atoms with van der Waals surface area (Å²) in [6.07, 6.45) is 7.28. The molecule has 130 valence electrons. The fourth-order valence-corrected chi connectivity index (χ4v) is 3.95. The summed E-state index contributed by atoms with van der Waals surface area (Å²) in [5.74, 6) is 0.815. The second-order valence-electron chi connectivity index (χ2n) is 7.45.